The predicted molar refractivity (Wildman–Crippen MR) is 104 cm³/mol. The number of benzene rings is 1. The molecule has 0 saturated carbocycles. The maximum Gasteiger partial charge on any atom is 0.263 e. The summed E-state index contributed by atoms with van der Waals surface area (Å²) < 4.78 is 32.0. The molecule has 0 bridgehead atoms. The summed E-state index contributed by atoms with van der Waals surface area (Å²) in [6.07, 6.45) is 3.53. The standard InChI is InChI=1S/C19H30N2O4S/c1-4-7-10-15(5-2)13-20-19(22)18-14-21(26(23,24)6-3)16-11-8-9-12-17(16)25-18/h8-9,11-12,15,18H,4-7,10,13-14H2,1-3H3,(H,20,22)/t15-,18-/m0/s1. The van der Waals surface area contributed by atoms with Crippen LogP contribution in [0.25, 0.3) is 0 Å². The van der Waals surface area contributed by atoms with Gasteiger partial charge in [-0.05, 0) is 31.4 Å². The highest BCUT2D eigenvalue weighted by Gasteiger charge is 2.35. The zero-order valence-electron chi connectivity index (χ0n) is 15.9. The normalized spacial score (nSPS) is 18.0. The van der Waals surface area contributed by atoms with Crippen LogP contribution in [0.3, 0.4) is 0 Å². The van der Waals surface area contributed by atoms with Crippen LogP contribution in [0.5, 0.6) is 5.75 Å². The third kappa shape index (κ3) is 4.90. The van der Waals surface area contributed by atoms with Crippen LogP contribution < -0.4 is 14.4 Å². The molecule has 0 aliphatic carbocycles. The summed E-state index contributed by atoms with van der Waals surface area (Å²) in [5.41, 5.74) is 0.493. The second-order valence-electron chi connectivity index (χ2n) is 6.67. The Hall–Kier alpha value is -1.76. The number of carbonyl (C=O) groups excluding carboxylic acids is 1. The molecule has 2 atom stereocenters. The fourth-order valence-corrected chi connectivity index (χ4v) is 4.18. The Morgan fingerprint density at radius 2 is 2.04 bits per heavy atom. The summed E-state index contributed by atoms with van der Waals surface area (Å²) >= 11 is 0. The lowest BCUT2D eigenvalue weighted by atomic mass is 9.99. The van der Waals surface area contributed by atoms with E-state index in [1.54, 1.807) is 31.2 Å². The number of nitrogens with one attached hydrogen (secondary N) is 1. The number of sulfonamides is 1. The van der Waals surface area contributed by atoms with Crippen molar-refractivity contribution in [2.24, 2.45) is 5.92 Å². The van der Waals surface area contributed by atoms with Crippen molar-refractivity contribution in [3.05, 3.63) is 24.3 Å². The molecule has 2 rings (SSSR count). The lowest BCUT2D eigenvalue weighted by Gasteiger charge is -2.34. The first-order chi connectivity index (χ1) is 12.4. The molecule has 7 heteroatoms. The molecule has 0 unspecified atom stereocenters. The van der Waals surface area contributed by atoms with E-state index in [0.29, 0.717) is 23.9 Å². The number of para-hydroxylation sites is 2. The molecule has 1 aromatic carbocycles. The summed E-state index contributed by atoms with van der Waals surface area (Å²) in [5.74, 6) is 0.579. The van der Waals surface area contributed by atoms with E-state index in [9.17, 15) is 13.2 Å². The molecule has 1 amide bonds. The number of ether oxygens (including phenoxy) is 1. The highest BCUT2D eigenvalue weighted by molar-refractivity contribution is 7.92. The number of carbonyl (C=O) groups is 1. The summed E-state index contributed by atoms with van der Waals surface area (Å²) in [6.45, 7) is 6.47. The lowest BCUT2D eigenvalue weighted by Crippen LogP contribution is -2.51. The van der Waals surface area contributed by atoms with E-state index >= 15 is 0 Å². The van der Waals surface area contributed by atoms with Gasteiger partial charge in [-0.25, -0.2) is 8.42 Å². The van der Waals surface area contributed by atoms with E-state index in [1.165, 1.54) is 4.31 Å². The fraction of sp³-hybridized carbons (Fsp3) is 0.632. The zero-order valence-corrected chi connectivity index (χ0v) is 16.7. The molecule has 1 aliphatic rings. The number of rotatable bonds is 9. The van der Waals surface area contributed by atoms with Crippen LogP contribution in [0.1, 0.15) is 46.5 Å². The highest BCUT2D eigenvalue weighted by Crippen LogP contribution is 2.35. The minimum absolute atomic E-state index is 0.00473. The molecule has 0 fully saturated rings. The molecule has 1 aliphatic heterocycles. The quantitative estimate of drug-likeness (QED) is 0.712. The van der Waals surface area contributed by atoms with Crippen LogP contribution in [-0.4, -0.2) is 39.3 Å². The van der Waals surface area contributed by atoms with Crippen LogP contribution >= 0.6 is 0 Å². The molecule has 1 aromatic rings. The predicted octanol–water partition coefficient (Wildman–Crippen LogP) is 2.94. The van der Waals surface area contributed by atoms with Crippen LogP contribution in [0.15, 0.2) is 24.3 Å². The maximum absolute atomic E-state index is 12.6. The van der Waals surface area contributed by atoms with E-state index in [-0.39, 0.29) is 18.2 Å². The van der Waals surface area contributed by atoms with Gasteiger partial charge in [-0.15, -0.1) is 0 Å². The van der Waals surface area contributed by atoms with Gasteiger partial charge in [0.15, 0.2) is 6.10 Å². The molecule has 6 nitrogen and oxygen atoms in total. The largest absolute Gasteiger partial charge is 0.476 e. The van der Waals surface area contributed by atoms with Gasteiger partial charge in [-0.1, -0.05) is 45.2 Å². The Balaban J connectivity index is 2.10. The van der Waals surface area contributed by atoms with Crippen LogP contribution in [-0.2, 0) is 14.8 Å². The van der Waals surface area contributed by atoms with E-state index in [0.717, 1.165) is 25.7 Å². The van der Waals surface area contributed by atoms with Crippen molar-refractivity contribution in [3.8, 4) is 5.75 Å². The molecule has 0 aromatic heterocycles. The molecular formula is C19H30N2O4S. The average Bonchev–Trinajstić information content (AvgIpc) is 2.66. The number of unbranched alkanes of at least 4 members (excludes halogenated alkanes) is 1. The Morgan fingerprint density at radius 1 is 1.31 bits per heavy atom. The van der Waals surface area contributed by atoms with Gasteiger partial charge >= 0.3 is 0 Å². The smallest absolute Gasteiger partial charge is 0.263 e. The van der Waals surface area contributed by atoms with Gasteiger partial charge in [0.05, 0.1) is 18.0 Å². The second-order valence-corrected chi connectivity index (χ2v) is 8.85. The summed E-state index contributed by atoms with van der Waals surface area (Å²) in [7, 11) is -3.48. The van der Waals surface area contributed by atoms with Gasteiger partial charge in [0.2, 0.25) is 10.0 Å². The molecular weight excluding hydrogens is 352 g/mol. The molecule has 1 heterocycles. The first-order valence-corrected chi connectivity index (χ1v) is 11.1. The maximum atomic E-state index is 12.6. The van der Waals surface area contributed by atoms with Gasteiger partial charge in [0, 0.05) is 6.54 Å². The minimum atomic E-state index is -3.48. The monoisotopic (exact) mass is 382 g/mol. The average molecular weight is 383 g/mol. The Labute approximate surface area is 157 Å². The minimum Gasteiger partial charge on any atom is -0.476 e. The number of fused-ring (bicyclic) bond motifs is 1. The van der Waals surface area contributed by atoms with E-state index in [1.807, 2.05) is 0 Å². The molecule has 0 radical (unpaired) electrons. The van der Waals surface area contributed by atoms with Crippen molar-refractivity contribution in [1.82, 2.24) is 5.32 Å². The Bertz CT molecular complexity index is 705. The van der Waals surface area contributed by atoms with Crippen LogP contribution in [0.4, 0.5) is 5.69 Å². The van der Waals surface area contributed by atoms with Crippen LogP contribution in [0, 0.1) is 5.92 Å². The SMILES string of the molecule is CCCC[C@H](CC)CNC(=O)[C@@H]1CN(S(=O)(=O)CC)c2ccccc2O1. The van der Waals surface area contributed by atoms with Gasteiger partial charge in [0.25, 0.3) is 5.91 Å². The topological polar surface area (TPSA) is 75.7 Å². The second kappa shape index (κ2) is 9.26. The third-order valence-corrected chi connectivity index (χ3v) is 6.58. The third-order valence-electron chi connectivity index (χ3n) is 4.84. The number of amides is 1. The van der Waals surface area contributed by atoms with Crippen molar-refractivity contribution in [2.45, 2.75) is 52.6 Å². The van der Waals surface area contributed by atoms with Crippen molar-refractivity contribution < 1.29 is 17.9 Å². The number of hydrogen-bond donors (Lipinski definition) is 1. The zero-order chi connectivity index (χ0) is 19.2. The van der Waals surface area contributed by atoms with Crippen molar-refractivity contribution in [3.63, 3.8) is 0 Å². The number of hydrogen-bond acceptors (Lipinski definition) is 4. The molecule has 146 valence electrons. The summed E-state index contributed by atoms with van der Waals surface area (Å²) in [4.78, 5) is 12.6. The molecule has 1 N–H and O–H groups in total. The van der Waals surface area contributed by atoms with Crippen molar-refractivity contribution in [1.29, 1.82) is 0 Å². The first-order valence-electron chi connectivity index (χ1n) is 9.46. The Morgan fingerprint density at radius 3 is 2.69 bits per heavy atom. The van der Waals surface area contributed by atoms with Gasteiger partial charge in [0.1, 0.15) is 5.75 Å². The summed E-state index contributed by atoms with van der Waals surface area (Å²) in [5, 5.41) is 2.95. The van der Waals surface area contributed by atoms with E-state index < -0.39 is 16.1 Å². The van der Waals surface area contributed by atoms with Gasteiger partial charge in [-0.3, -0.25) is 9.10 Å². The van der Waals surface area contributed by atoms with Gasteiger partial charge < -0.3 is 10.1 Å². The van der Waals surface area contributed by atoms with Crippen LogP contribution in [0.2, 0.25) is 0 Å². The molecule has 0 spiro atoms. The first kappa shape index (κ1) is 20.6. The van der Waals surface area contributed by atoms with Crippen molar-refractivity contribution in [2.75, 3.05) is 23.1 Å². The van der Waals surface area contributed by atoms with E-state index in [2.05, 4.69) is 19.2 Å². The Kier molecular flexibility index (Phi) is 7.32. The lowest BCUT2D eigenvalue weighted by molar-refractivity contribution is -0.127. The van der Waals surface area contributed by atoms with E-state index in [4.69, 9.17) is 4.74 Å². The number of anilines is 1. The molecule has 26 heavy (non-hydrogen) atoms. The van der Waals surface area contributed by atoms with Gasteiger partial charge in [-0.2, -0.15) is 0 Å². The fourth-order valence-electron chi connectivity index (χ4n) is 3.06. The highest BCUT2D eigenvalue weighted by atomic mass is 32.2. The van der Waals surface area contributed by atoms with Crippen molar-refractivity contribution >= 4 is 21.6 Å². The summed E-state index contributed by atoms with van der Waals surface area (Å²) in [6, 6.07) is 6.94. The number of nitrogens with zero attached hydrogens (tertiary/aromatic N) is 1. The molecule has 0 saturated heterocycles.